The van der Waals surface area contributed by atoms with Crippen LogP contribution in [0.4, 0.5) is 11.4 Å². The zero-order chi connectivity index (χ0) is 22.1. The Morgan fingerprint density at radius 1 is 1.06 bits per heavy atom. The van der Waals surface area contributed by atoms with Crippen molar-refractivity contribution in [3.8, 4) is 5.75 Å². The van der Waals surface area contributed by atoms with Gasteiger partial charge in [0.05, 0.1) is 18.7 Å². The van der Waals surface area contributed by atoms with E-state index >= 15 is 0 Å². The average Bonchev–Trinajstić information content (AvgIpc) is 3.21. The number of aromatic amines is 1. The van der Waals surface area contributed by atoms with Gasteiger partial charge in [-0.2, -0.15) is 0 Å². The lowest BCUT2D eigenvalue weighted by molar-refractivity contribution is -0.125. The molecule has 0 spiro atoms. The molecule has 2 amide bonds. The molecule has 4 aromatic rings. The Kier molecular flexibility index (Phi) is 5.11. The Balaban J connectivity index is 1.38. The van der Waals surface area contributed by atoms with E-state index in [1.807, 2.05) is 60.8 Å². The maximum absolute atomic E-state index is 12.9. The van der Waals surface area contributed by atoms with Crippen LogP contribution in [0.15, 0.2) is 79.0 Å². The first-order valence-electron chi connectivity index (χ1n) is 10.6. The summed E-state index contributed by atoms with van der Waals surface area (Å²) in [6.45, 7) is 2.19. The predicted molar refractivity (Wildman–Crippen MR) is 125 cm³/mol. The summed E-state index contributed by atoms with van der Waals surface area (Å²) in [6.07, 6.45) is 1.56. The second-order valence-corrected chi connectivity index (χ2v) is 7.94. The van der Waals surface area contributed by atoms with Gasteiger partial charge in [0.1, 0.15) is 5.75 Å². The molecule has 1 unspecified atom stereocenters. The van der Waals surface area contributed by atoms with Crippen molar-refractivity contribution in [1.29, 1.82) is 0 Å². The number of H-pyrrole nitrogens is 1. The normalized spacial score (nSPS) is 15.3. The number of fused-ring (bicyclic) bond motifs is 2. The monoisotopic (exact) mass is 425 g/mol. The Morgan fingerprint density at radius 3 is 2.69 bits per heavy atom. The van der Waals surface area contributed by atoms with Gasteiger partial charge in [-0.1, -0.05) is 48.5 Å². The minimum atomic E-state index is -0.562. The highest BCUT2D eigenvalue weighted by molar-refractivity contribution is 6.01. The highest BCUT2D eigenvalue weighted by atomic mass is 16.5. The summed E-state index contributed by atoms with van der Waals surface area (Å²) in [5.41, 5.74) is 4.24. The fraction of sp³-hybridized carbons (Fsp3) is 0.154. The number of hydrogen-bond acceptors (Lipinski definition) is 3. The summed E-state index contributed by atoms with van der Waals surface area (Å²) in [7, 11) is 0. The maximum atomic E-state index is 12.9. The molecule has 1 atom stereocenters. The third kappa shape index (κ3) is 3.83. The van der Waals surface area contributed by atoms with E-state index in [0.29, 0.717) is 23.7 Å². The number of amides is 2. The van der Waals surface area contributed by atoms with Gasteiger partial charge in [-0.25, -0.2) is 0 Å². The second kappa shape index (κ2) is 8.23. The minimum absolute atomic E-state index is 0.108. The molecule has 160 valence electrons. The van der Waals surface area contributed by atoms with E-state index in [2.05, 4.69) is 10.3 Å². The number of nitrogens with zero attached hydrogens (tertiary/aromatic N) is 1. The number of anilines is 2. The molecule has 0 radical (unpaired) electrons. The molecule has 32 heavy (non-hydrogen) atoms. The molecule has 1 aliphatic rings. The summed E-state index contributed by atoms with van der Waals surface area (Å²) < 4.78 is 5.80. The molecule has 6 nitrogen and oxygen atoms in total. The lowest BCUT2D eigenvalue weighted by Gasteiger charge is -2.33. The van der Waals surface area contributed by atoms with Crippen molar-refractivity contribution < 1.29 is 14.3 Å². The number of carbonyl (C=O) groups excluding carboxylic acids is 2. The number of nitrogens with one attached hydrogen (secondary N) is 2. The van der Waals surface area contributed by atoms with Crippen LogP contribution in [0.2, 0.25) is 0 Å². The van der Waals surface area contributed by atoms with Crippen LogP contribution in [-0.4, -0.2) is 22.9 Å². The molecule has 0 saturated carbocycles. The lowest BCUT2D eigenvalue weighted by Crippen LogP contribution is -2.44. The standard InChI is InChI=1S/C26H23N3O3/c1-17-26(31)29(16-18-7-3-2-4-8-18)23-14-20(11-12-24(23)32-17)28-25(30)13-19-15-27-22-10-6-5-9-21(19)22/h2-12,14-15,17,27H,13,16H2,1H3,(H,28,30). The summed E-state index contributed by atoms with van der Waals surface area (Å²) >= 11 is 0. The van der Waals surface area contributed by atoms with Gasteiger partial charge in [0.2, 0.25) is 5.91 Å². The average molecular weight is 425 g/mol. The van der Waals surface area contributed by atoms with Crippen LogP contribution >= 0.6 is 0 Å². The van der Waals surface area contributed by atoms with E-state index in [0.717, 1.165) is 22.0 Å². The van der Waals surface area contributed by atoms with Gasteiger partial charge in [-0.3, -0.25) is 9.59 Å². The number of hydrogen-bond donors (Lipinski definition) is 2. The van der Waals surface area contributed by atoms with Gasteiger partial charge in [-0.15, -0.1) is 0 Å². The molecule has 1 aliphatic heterocycles. The van der Waals surface area contributed by atoms with Crippen molar-refractivity contribution in [2.24, 2.45) is 0 Å². The Labute approximate surface area is 185 Å². The first kappa shape index (κ1) is 19.9. The molecular weight excluding hydrogens is 402 g/mol. The molecule has 2 heterocycles. The first-order chi connectivity index (χ1) is 15.6. The fourth-order valence-electron chi connectivity index (χ4n) is 4.07. The Morgan fingerprint density at radius 2 is 1.84 bits per heavy atom. The minimum Gasteiger partial charge on any atom is -0.479 e. The van der Waals surface area contributed by atoms with E-state index in [1.54, 1.807) is 30.0 Å². The van der Waals surface area contributed by atoms with Crippen LogP contribution in [-0.2, 0) is 22.6 Å². The molecule has 0 fully saturated rings. The van der Waals surface area contributed by atoms with Gasteiger partial charge in [0.15, 0.2) is 6.10 Å². The summed E-state index contributed by atoms with van der Waals surface area (Å²) in [5, 5.41) is 4.00. The maximum Gasteiger partial charge on any atom is 0.268 e. The van der Waals surface area contributed by atoms with Crippen LogP contribution in [0.1, 0.15) is 18.1 Å². The number of ether oxygens (including phenoxy) is 1. The van der Waals surface area contributed by atoms with E-state index < -0.39 is 6.10 Å². The topological polar surface area (TPSA) is 74.4 Å². The SMILES string of the molecule is CC1Oc2ccc(NC(=O)Cc3c[nH]c4ccccc34)cc2N(Cc2ccccc2)C1=O. The lowest BCUT2D eigenvalue weighted by atomic mass is 10.1. The molecule has 3 aromatic carbocycles. The summed E-state index contributed by atoms with van der Waals surface area (Å²) in [5.74, 6) is 0.395. The predicted octanol–water partition coefficient (Wildman–Crippen LogP) is 4.66. The molecular formula is C26H23N3O3. The molecule has 1 aromatic heterocycles. The first-order valence-corrected chi connectivity index (χ1v) is 10.6. The van der Waals surface area contributed by atoms with E-state index in [9.17, 15) is 9.59 Å². The molecule has 2 N–H and O–H groups in total. The van der Waals surface area contributed by atoms with Crippen molar-refractivity contribution in [3.63, 3.8) is 0 Å². The van der Waals surface area contributed by atoms with Gasteiger partial charge in [0.25, 0.3) is 5.91 Å². The van der Waals surface area contributed by atoms with Crippen molar-refractivity contribution in [1.82, 2.24) is 4.98 Å². The fourth-order valence-corrected chi connectivity index (χ4v) is 4.07. The zero-order valence-corrected chi connectivity index (χ0v) is 17.7. The van der Waals surface area contributed by atoms with Crippen molar-refractivity contribution in [3.05, 3.63) is 90.1 Å². The smallest absolute Gasteiger partial charge is 0.268 e. The summed E-state index contributed by atoms with van der Waals surface area (Å²) in [4.78, 5) is 30.5. The van der Waals surface area contributed by atoms with Crippen LogP contribution < -0.4 is 15.0 Å². The van der Waals surface area contributed by atoms with Crippen LogP contribution in [0.5, 0.6) is 5.75 Å². The molecule has 0 saturated heterocycles. The Bertz CT molecular complexity index is 1300. The van der Waals surface area contributed by atoms with E-state index in [4.69, 9.17) is 4.74 Å². The van der Waals surface area contributed by atoms with Crippen LogP contribution in [0.3, 0.4) is 0 Å². The van der Waals surface area contributed by atoms with Gasteiger partial charge >= 0.3 is 0 Å². The number of aromatic nitrogens is 1. The van der Waals surface area contributed by atoms with Gasteiger partial charge in [-0.05, 0) is 42.3 Å². The van der Waals surface area contributed by atoms with Crippen molar-refractivity contribution >= 4 is 34.1 Å². The Hall–Kier alpha value is -4.06. The molecule has 0 aliphatic carbocycles. The van der Waals surface area contributed by atoms with Crippen molar-refractivity contribution in [2.75, 3.05) is 10.2 Å². The zero-order valence-electron chi connectivity index (χ0n) is 17.7. The number of carbonyl (C=O) groups is 2. The molecule has 0 bridgehead atoms. The number of benzene rings is 3. The highest BCUT2D eigenvalue weighted by Crippen LogP contribution is 2.37. The number of rotatable bonds is 5. The van der Waals surface area contributed by atoms with Crippen LogP contribution in [0, 0.1) is 0 Å². The van der Waals surface area contributed by atoms with Crippen molar-refractivity contribution in [2.45, 2.75) is 26.0 Å². The quantitative estimate of drug-likeness (QED) is 0.488. The molecule has 6 heteroatoms. The van der Waals surface area contributed by atoms with E-state index in [1.165, 1.54) is 0 Å². The van der Waals surface area contributed by atoms with Gasteiger partial charge in [0, 0.05) is 22.8 Å². The van der Waals surface area contributed by atoms with Gasteiger partial charge < -0.3 is 19.9 Å². The largest absolute Gasteiger partial charge is 0.479 e. The summed E-state index contributed by atoms with van der Waals surface area (Å²) in [6, 6.07) is 23.1. The third-order valence-electron chi connectivity index (χ3n) is 5.66. The van der Waals surface area contributed by atoms with E-state index in [-0.39, 0.29) is 18.2 Å². The number of para-hydroxylation sites is 1. The molecule has 5 rings (SSSR count). The third-order valence-corrected chi connectivity index (χ3v) is 5.66. The highest BCUT2D eigenvalue weighted by Gasteiger charge is 2.31. The second-order valence-electron chi connectivity index (χ2n) is 7.94. The van der Waals surface area contributed by atoms with Crippen LogP contribution in [0.25, 0.3) is 10.9 Å².